The molecule has 4 amide bonds. The number of amides is 4. The summed E-state index contributed by atoms with van der Waals surface area (Å²) in [6.07, 6.45) is 0.703. The van der Waals surface area contributed by atoms with Crippen molar-refractivity contribution in [3.05, 3.63) is 139 Å². The molecule has 0 fully saturated rings. The van der Waals surface area contributed by atoms with Gasteiger partial charge in [0.25, 0.3) is 0 Å². The number of benzene rings is 5. The Morgan fingerprint density at radius 2 is 0.825 bits per heavy atom. The highest BCUT2D eigenvalue weighted by molar-refractivity contribution is 7.89. The maximum absolute atomic E-state index is 12.9. The number of ether oxygens (including phenoxy) is 6. The van der Waals surface area contributed by atoms with Crippen LogP contribution >= 0.6 is 46.4 Å². The van der Waals surface area contributed by atoms with E-state index in [0.717, 1.165) is 22.3 Å². The summed E-state index contributed by atoms with van der Waals surface area (Å²) in [5.41, 5.74) is 4.78. The van der Waals surface area contributed by atoms with Crippen molar-refractivity contribution in [1.29, 1.82) is 0 Å². The predicted octanol–water partition coefficient (Wildman–Crippen LogP) is 7.78. The second kappa shape index (κ2) is 29.8. The molecule has 0 saturated carbocycles. The zero-order valence-corrected chi connectivity index (χ0v) is 49.2. The molecule has 0 spiro atoms. The predicted molar refractivity (Wildman–Crippen MR) is 309 cm³/mol. The quantitative estimate of drug-likeness (QED) is 0.0241. The first-order valence-electron chi connectivity index (χ1n) is 25.6. The van der Waals surface area contributed by atoms with Gasteiger partial charge in [-0.05, 0) is 149 Å². The highest BCUT2D eigenvalue weighted by atomic mass is 35.5. The number of carbonyl (C=O) groups excluding carboxylic acids is 2. The Kier molecular flexibility index (Phi) is 23.3. The van der Waals surface area contributed by atoms with Crippen molar-refractivity contribution in [3.8, 4) is 11.5 Å². The Morgan fingerprint density at radius 1 is 0.487 bits per heavy atom. The molecule has 2 aliphatic rings. The van der Waals surface area contributed by atoms with Gasteiger partial charge in [0.05, 0.1) is 74.7 Å². The van der Waals surface area contributed by atoms with E-state index in [-0.39, 0.29) is 113 Å². The number of rotatable bonds is 30. The van der Waals surface area contributed by atoms with Gasteiger partial charge in [-0.2, -0.15) is 0 Å². The molecule has 0 bridgehead atoms. The van der Waals surface area contributed by atoms with Gasteiger partial charge in [-0.25, -0.2) is 35.9 Å². The number of likely N-dealkylation sites (N-methyl/N-ethyl adjacent to an activating group) is 2. The van der Waals surface area contributed by atoms with Gasteiger partial charge in [0.1, 0.15) is 23.7 Å². The Morgan fingerprint density at radius 3 is 1.16 bits per heavy atom. The van der Waals surface area contributed by atoms with E-state index >= 15 is 0 Å². The molecule has 26 heteroatoms. The molecule has 6 N–H and O–H groups in total. The fraction of sp³-hybridized carbons (Fsp3) is 0.407. The molecular formula is C54H66Cl4N8O12S2. The molecule has 5 aromatic carbocycles. The van der Waals surface area contributed by atoms with Gasteiger partial charge < -0.3 is 59.5 Å². The van der Waals surface area contributed by atoms with Gasteiger partial charge in [-0.15, -0.1) is 0 Å². The van der Waals surface area contributed by atoms with Crippen LogP contribution in [-0.4, -0.2) is 158 Å². The molecule has 0 heterocycles. The second-order valence-electron chi connectivity index (χ2n) is 19.0. The van der Waals surface area contributed by atoms with E-state index in [1.807, 2.05) is 40.3 Å². The highest BCUT2D eigenvalue weighted by Gasteiger charge is 2.39. The molecule has 4 atom stereocenters. The van der Waals surface area contributed by atoms with Gasteiger partial charge in [0.2, 0.25) is 20.0 Å². The number of anilines is 2. The van der Waals surface area contributed by atoms with Crippen molar-refractivity contribution in [2.24, 2.45) is 0 Å². The van der Waals surface area contributed by atoms with E-state index in [1.54, 1.807) is 60.7 Å². The normalized spacial score (nSPS) is 16.8. The summed E-state index contributed by atoms with van der Waals surface area (Å²) in [5.74, 6) is 1.02. The van der Waals surface area contributed by atoms with Crippen LogP contribution in [0.2, 0.25) is 20.1 Å². The summed E-state index contributed by atoms with van der Waals surface area (Å²) < 4.78 is 91.5. The lowest BCUT2D eigenvalue weighted by atomic mass is 10.1. The van der Waals surface area contributed by atoms with E-state index in [9.17, 15) is 26.4 Å². The van der Waals surface area contributed by atoms with Crippen molar-refractivity contribution in [3.63, 3.8) is 0 Å². The number of urea groups is 2. The smallest absolute Gasteiger partial charge is 0.319 e. The van der Waals surface area contributed by atoms with Crippen LogP contribution in [0.5, 0.6) is 11.5 Å². The Balaban J connectivity index is 0.666. The number of fused-ring (bicyclic) bond motifs is 2. The third-order valence-electron chi connectivity index (χ3n) is 12.9. The number of sulfonamides is 2. The molecule has 0 aromatic heterocycles. The van der Waals surface area contributed by atoms with Crippen LogP contribution in [0.1, 0.15) is 34.5 Å². The lowest BCUT2D eigenvalue weighted by molar-refractivity contribution is 0.0517. The molecule has 7 rings (SSSR count). The third kappa shape index (κ3) is 18.0. The van der Waals surface area contributed by atoms with Gasteiger partial charge in [0, 0.05) is 68.8 Å². The topological polar surface area (TPSA) is 236 Å². The van der Waals surface area contributed by atoms with Gasteiger partial charge in [-0.1, -0.05) is 46.4 Å². The third-order valence-corrected chi connectivity index (χ3v) is 17.0. The van der Waals surface area contributed by atoms with Crippen LogP contribution in [0.4, 0.5) is 21.0 Å². The summed E-state index contributed by atoms with van der Waals surface area (Å²) in [4.78, 5) is 29.1. The lowest BCUT2D eigenvalue weighted by Gasteiger charge is -2.27. The maximum atomic E-state index is 12.9. The summed E-state index contributed by atoms with van der Waals surface area (Å²) in [5, 5.41) is 13.0. The van der Waals surface area contributed by atoms with Gasteiger partial charge >= 0.3 is 12.1 Å². The van der Waals surface area contributed by atoms with Crippen molar-refractivity contribution < 1.29 is 54.8 Å². The zero-order chi connectivity index (χ0) is 57.4. The van der Waals surface area contributed by atoms with Crippen LogP contribution in [-0.2, 0) is 51.8 Å². The summed E-state index contributed by atoms with van der Waals surface area (Å²) in [6, 6.07) is 25.2. The highest BCUT2D eigenvalue weighted by Crippen LogP contribution is 2.44. The second-order valence-corrected chi connectivity index (χ2v) is 24.2. The molecule has 0 saturated heterocycles. The molecule has 20 nitrogen and oxygen atoms in total. The molecule has 2 aliphatic carbocycles. The first-order chi connectivity index (χ1) is 38.3. The lowest BCUT2D eigenvalue weighted by Crippen LogP contribution is -2.34. The number of carbonyl (C=O) groups is 2. The van der Waals surface area contributed by atoms with Crippen LogP contribution in [0.25, 0.3) is 0 Å². The molecule has 5 aromatic rings. The monoisotopic (exact) mass is 1220 g/mol. The van der Waals surface area contributed by atoms with Crippen molar-refractivity contribution in [1.82, 2.24) is 29.9 Å². The molecule has 434 valence electrons. The van der Waals surface area contributed by atoms with Crippen molar-refractivity contribution >= 4 is 89.9 Å². The Labute approximate surface area is 487 Å². The summed E-state index contributed by atoms with van der Waals surface area (Å²) in [7, 11) is 0.266. The van der Waals surface area contributed by atoms with Crippen LogP contribution in [0.15, 0.2) is 107 Å². The Bertz CT molecular complexity index is 2890. The zero-order valence-electron chi connectivity index (χ0n) is 44.6. The minimum absolute atomic E-state index is 0.0126. The molecule has 0 aliphatic heterocycles. The van der Waals surface area contributed by atoms with E-state index < -0.39 is 32.1 Å². The molecular weight excluding hydrogens is 1160 g/mol. The maximum Gasteiger partial charge on any atom is 0.319 e. The van der Waals surface area contributed by atoms with Crippen LogP contribution in [0, 0.1) is 0 Å². The number of nitrogens with one attached hydrogen (secondary N) is 6. The first-order valence-corrected chi connectivity index (χ1v) is 30.1. The van der Waals surface area contributed by atoms with Crippen molar-refractivity contribution in [2.75, 3.05) is 118 Å². The fourth-order valence-electron chi connectivity index (χ4n) is 8.88. The molecule has 80 heavy (non-hydrogen) atoms. The molecule has 4 unspecified atom stereocenters. The van der Waals surface area contributed by atoms with Gasteiger partial charge in [-0.3, -0.25) is 0 Å². The fourth-order valence-corrected chi connectivity index (χ4v) is 12.1. The number of hydrogen-bond donors (Lipinski definition) is 6. The van der Waals surface area contributed by atoms with E-state index in [0.29, 0.717) is 55.8 Å². The molecule has 0 radical (unpaired) electrons. The first kappa shape index (κ1) is 62.6. The Hall–Kier alpha value is -5.02. The van der Waals surface area contributed by atoms with E-state index in [1.165, 1.54) is 24.3 Å². The number of nitrogens with zero attached hydrogens (tertiary/aromatic N) is 2. The SMILES string of the molecule is CN(C)C1Cc2c(Cl)cc(Cl)cc2C1Oc1ccc(S(=O)(=O)NCCOCCOCCNC(=O)Nc2ccc(NC(=O)NCCOCCOCCNS(=O)(=O)c3ccc(OC4c5cc(Cl)cc(Cl)c5CC4N(C)C)cc3)cc2)cc1. The van der Waals surface area contributed by atoms with E-state index in [4.69, 9.17) is 74.8 Å². The standard InChI is InChI=1S/C54H66Cl4N8O12S2/c1-65(2)49-33-43-45(29-35(55)31-47(43)57)51(49)77-39-9-13-41(14-10-39)79(69,70)61-19-23-75-27-25-73-21-17-59-53(67)63-37-5-7-38(8-6-37)64-54(68)60-18-22-74-26-28-76-24-20-62-80(71,72)42-15-11-40(12-16-42)78-52-46-30-36(56)32-48(58)44(46)34-50(52)66(3)4/h5-16,29-32,49-52,61-62H,17-28,33-34H2,1-4H3,(H2,59,63,67)(H2,60,64,68). The minimum Gasteiger partial charge on any atom is -0.484 e. The number of hydrogen-bond acceptors (Lipinski definition) is 14. The van der Waals surface area contributed by atoms with Crippen LogP contribution in [0.3, 0.4) is 0 Å². The average molecular weight is 1230 g/mol. The van der Waals surface area contributed by atoms with E-state index in [2.05, 4.69) is 40.5 Å². The largest absolute Gasteiger partial charge is 0.484 e. The van der Waals surface area contributed by atoms with Gasteiger partial charge in [0.15, 0.2) is 0 Å². The minimum atomic E-state index is -3.80. The summed E-state index contributed by atoms with van der Waals surface area (Å²) in [6.45, 7) is 2.12. The van der Waals surface area contributed by atoms with Crippen LogP contribution < -0.4 is 40.2 Å². The summed E-state index contributed by atoms with van der Waals surface area (Å²) >= 11 is 25.6. The number of halogens is 4. The van der Waals surface area contributed by atoms with Crippen molar-refractivity contribution in [2.45, 2.75) is 46.9 Å². The average Bonchev–Trinajstić information content (AvgIpc) is 4.13.